The normalized spacial score (nSPS) is 16.5. The predicted molar refractivity (Wildman–Crippen MR) is 77.4 cm³/mol. The molecule has 0 aromatic heterocycles. The van der Waals surface area contributed by atoms with Gasteiger partial charge in [-0.2, -0.15) is 0 Å². The van der Waals surface area contributed by atoms with Gasteiger partial charge in [0.25, 0.3) is 0 Å². The lowest BCUT2D eigenvalue weighted by molar-refractivity contribution is 0.0784. The SMILES string of the molecule is Cc1ccc(F)c(C(=O)C2(c3ccccc3)CCC2)c1. The van der Waals surface area contributed by atoms with E-state index in [4.69, 9.17) is 0 Å². The van der Waals surface area contributed by atoms with Crippen molar-refractivity contribution in [2.75, 3.05) is 0 Å². The molecule has 2 heteroatoms. The lowest BCUT2D eigenvalue weighted by Gasteiger charge is -2.41. The highest BCUT2D eigenvalue weighted by atomic mass is 19.1. The molecule has 102 valence electrons. The fourth-order valence-corrected chi connectivity index (χ4v) is 3.01. The van der Waals surface area contributed by atoms with Gasteiger partial charge in [-0.25, -0.2) is 4.39 Å². The molecule has 1 fully saturated rings. The predicted octanol–water partition coefficient (Wildman–Crippen LogP) is 4.44. The zero-order valence-corrected chi connectivity index (χ0v) is 11.5. The van der Waals surface area contributed by atoms with E-state index in [1.807, 2.05) is 37.3 Å². The maximum atomic E-state index is 14.0. The van der Waals surface area contributed by atoms with Crippen LogP contribution < -0.4 is 0 Å². The van der Waals surface area contributed by atoms with E-state index in [-0.39, 0.29) is 11.3 Å². The van der Waals surface area contributed by atoms with E-state index in [0.717, 1.165) is 30.4 Å². The molecule has 1 saturated carbocycles. The van der Waals surface area contributed by atoms with Crippen molar-refractivity contribution in [2.24, 2.45) is 0 Å². The first-order valence-electron chi connectivity index (χ1n) is 7.00. The highest BCUT2D eigenvalue weighted by Crippen LogP contribution is 2.46. The molecule has 2 aromatic rings. The maximum Gasteiger partial charge on any atom is 0.176 e. The molecule has 0 amide bonds. The molecule has 1 nitrogen and oxygen atoms in total. The van der Waals surface area contributed by atoms with Gasteiger partial charge in [0.1, 0.15) is 5.82 Å². The number of halogens is 1. The summed E-state index contributed by atoms with van der Waals surface area (Å²) in [7, 11) is 0. The molecule has 0 aliphatic heterocycles. The number of carbonyl (C=O) groups is 1. The quantitative estimate of drug-likeness (QED) is 0.752. The van der Waals surface area contributed by atoms with E-state index in [2.05, 4.69) is 0 Å². The minimum Gasteiger partial charge on any atom is -0.293 e. The van der Waals surface area contributed by atoms with Crippen LogP contribution >= 0.6 is 0 Å². The van der Waals surface area contributed by atoms with Crippen LogP contribution in [0.3, 0.4) is 0 Å². The van der Waals surface area contributed by atoms with Crippen molar-refractivity contribution in [1.82, 2.24) is 0 Å². The standard InChI is InChI=1S/C18H17FO/c1-13-8-9-16(19)15(12-13)17(20)18(10-5-11-18)14-6-3-2-4-7-14/h2-4,6-9,12H,5,10-11H2,1H3. The topological polar surface area (TPSA) is 17.1 Å². The average Bonchev–Trinajstić information content (AvgIpc) is 2.41. The van der Waals surface area contributed by atoms with Crippen LogP contribution in [0.25, 0.3) is 0 Å². The van der Waals surface area contributed by atoms with Crippen molar-refractivity contribution in [3.8, 4) is 0 Å². The molecule has 20 heavy (non-hydrogen) atoms. The van der Waals surface area contributed by atoms with E-state index in [1.165, 1.54) is 6.07 Å². The van der Waals surface area contributed by atoms with E-state index in [1.54, 1.807) is 12.1 Å². The molecule has 0 radical (unpaired) electrons. The maximum absolute atomic E-state index is 14.0. The summed E-state index contributed by atoms with van der Waals surface area (Å²) in [5, 5.41) is 0. The highest BCUT2D eigenvalue weighted by Gasteiger charge is 2.46. The van der Waals surface area contributed by atoms with Gasteiger partial charge < -0.3 is 0 Å². The van der Waals surface area contributed by atoms with Crippen LogP contribution in [0.1, 0.15) is 40.7 Å². The smallest absolute Gasteiger partial charge is 0.176 e. The second-order valence-electron chi connectivity index (χ2n) is 5.61. The van der Waals surface area contributed by atoms with Gasteiger partial charge in [-0.15, -0.1) is 0 Å². The Morgan fingerprint density at radius 1 is 1.10 bits per heavy atom. The molecule has 0 saturated heterocycles. The van der Waals surface area contributed by atoms with Crippen LogP contribution in [-0.2, 0) is 5.41 Å². The number of hydrogen-bond acceptors (Lipinski definition) is 1. The van der Waals surface area contributed by atoms with Gasteiger partial charge in [-0.05, 0) is 37.5 Å². The van der Waals surface area contributed by atoms with Crippen molar-refractivity contribution in [2.45, 2.75) is 31.6 Å². The second kappa shape index (κ2) is 4.86. The van der Waals surface area contributed by atoms with E-state index in [9.17, 15) is 9.18 Å². The second-order valence-corrected chi connectivity index (χ2v) is 5.61. The summed E-state index contributed by atoms with van der Waals surface area (Å²) in [6.07, 6.45) is 2.64. The zero-order valence-electron chi connectivity index (χ0n) is 11.5. The zero-order chi connectivity index (χ0) is 14.2. The molecule has 1 aliphatic rings. The highest BCUT2D eigenvalue weighted by molar-refractivity contribution is 6.05. The van der Waals surface area contributed by atoms with Crippen LogP contribution in [-0.4, -0.2) is 5.78 Å². The molecule has 1 aliphatic carbocycles. The molecular weight excluding hydrogens is 251 g/mol. The molecular formula is C18H17FO. The van der Waals surface area contributed by atoms with Gasteiger partial charge in [0.2, 0.25) is 0 Å². The Bertz CT molecular complexity index is 642. The summed E-state index contributed by atoms with van der Waals surface area (Å²) >= 11 is 0. The van der Waals surface area contributed by atoms with Crippen LogP contribution in [0.15, 0.2) is 48.5 Å². The fraction of sp³-hybridized carbons (Fsp3) is 0.278. The van der Waals surface area contributed by atoms with E-state index in [0.29, 0.717) is 0 Å². The molecule has 0 spiro atoms. The lowest BCUT2D eigenvalue weighted by atomic mass is 9.60. The Kier molecular flexibility index (Phi) is 3.17. The Morgan fingerprint density at radius 2 is 1.80 bits per heavy atom. The summed E-state index contributed by atoms with van der Waals surface area (Å²) in [6, 6.07) is 14.5. The van der Waals surface area contributed by atoms with Crippen LogP contribution in [0.4, 0.5) is 4.39 Å². The van der Waals surface area contributed by atoms with Crippen LogP contribution in [0.5, 0.6) is 0 Å². The molecule has 0 unspecified atom stereocenters. The van der Waals surface area contributed by atoms with Gasteiger partial charge in [0.05, 0.1) is 11.0 Å². The van der Waals surface area contributed by atoms with Gasteiger partial charge in [0.15, 0.2) is 5.78 Å². The Morgan fingerprint density at radius 3 is 2.40 bits per heavy atom. The summed E-state index contributed by atoms with van der Waals surface area (Å²) in [6.45, 7) is 1.88. The number of rotatable bonds is 3. The Labute approximate surface area is 118 Å². The summed E-state index contributed by atoms with van der Waals surface area (Å²) in [4.78, 5) is 12.9. The first-order chi connectivity index (χ1) is 9.63. The molecule has 0 N–H and O–H groups in total. The summed E-state index contributed by atoms with van der Waals surface area (Å²) in [5.74, 6) is -0.487. The van der Waals surface area contributed by atoms with Crippen molar-refractivity contribution in [3.63, 3.8) is 0 Å². The number of benzene rings is 2. The lowest BCUT2D eigenvalue weighted by Crippen LogP contribution is -2.42. The first kappa shape index (κ1) is 13.0. The molecule has 0 heterocycles. The number of aryl methyl sites for hydroxylation is 1. The third-order valence-corrected chi connectivity index (χ3v) is 4.33. The number of hydrogen-bond donors (Lipinski definition) is 0. The molecule has 3 rings (SSSR count). The molecule has 0 atom stereocenters. The van der Waals surface area contributed by atoms with Gasteiger partial charge in [-0.1, -0.05) is 48.4 Å². The minimum atomic E-state index is -0.518. The first-order valence-corrected chi connectivity index (χ1v) is 7.00. The van der Waals surface area contributed by atoms with Crippen molar-refractivity contribution in [1.29, 1.82) is 0 Å². The number of carbonyl (C=O) groups excluding carboxylic acids is 1. The van der Waals surface area contributed by atoms with Gasteiger partial charge >= 0.3 is 0 Å². The number of ketones is 1. The Hall–Kier alpha value is -1.96. The van der Waals surface area contributed by atoms with Crippen LogP contribution in [0.2, 0.25) is 0 Å². The van der Waals surface area contributed by atoms with E-state index >= 15 is 0 Å². The van der Waals surface area contributed by atoms with Gasteiger partial charge in [-0.3, -0.25) is 4.79 Å². The monoisotopic (exact) mass is 268 g/mol. The Balaban J connectivity index is 2.06. The van der Waals surface area contributed by atoms with E-state index < -0.39 is 11.2 Å². The molecule has 0 bridgehead atoms. The van der Waals surface area contributed by atoms with Crippen molar-refractivity contribution >= 4 is 5.78 Å². The third kappa shape index (κ3) is 1.96. The fourth-order valence-electron chi connectivity index (χ4n) is 3.01. The number of Topliss-reactive ketones (excluding diaryl/α,β-unsaturated/α-hetero) is 1. The third-order valence-electron chi connectivity index (χ3n) is 4.33. The van der Waals surface area contributed by atoms with Crippen LogP contribution in [0, 0.1) is 12.7 Å². The van der Waals surface area contributed by atoms with Crippen molar-refractivity contribution < 1.29 is 9.18 Å². The molecule has 2 aromatic carbocycles. The summed E-state index contributed by atoms with van der Waals surface area (Å²) in [5.41, 5.74) is 1.64. The summed E-state index contributed by atoms with van der Waals surface area (Å²) < 4.78 is 14.0. The van der Waals surface area contributed by atoms with Gasteiger partial charge in [0, 0.05) is 0 Å². The largest absolute Gasteiger partial charge is 0.293 e. The minimum absolute atomic E-state index is 0.0730. The van der Waals surface area contributed by atoms with Crippen molar-refractivity contribution in [3.05, 3.63) is 71.0 Å². The average molecular weight is 268 g/mol.